The maximum Gasteiger partial charge on any atom is 0.190 e. The molecular formula is C21H17N3O3. The van der Waals surface area contributed by atoms with Crippen LogP contribution in [0.2, 0.25) is 0 Å². The molecule has 2 heterocycles. The lowest BCUT2D eigenvalue weighted by atomic mass is 10.0. The number of benzene rings is 3. The SMILES string of the molecule is N=c1ccc2nc3c(cc(=O)c4cccc(=C(O)C5CCCN5)c43)oc2c1. The Hall–Kier alpha value is -3.25. The van der Waals surface area contributed by atoms with E-state index in [1.165, 1.54) is 6.07 Å². The van der Waals surface area contributed by atoms with Crippen molar-refractivity contribution >= 4 is 38.7 Å². The molecule has 0 saturated carbocycles. The van der Waals surface area contributed by atoms with Gasteiger partial charge in [-0.25, -0.2) is 4.98 Å². The van der Waals surface area contributed by atoms with Crippen molar-refractivity contribution in [1.29, 1.82) is 5.41 Å². The van der Waals surface area contributed by atoms with Crippen molar-refractivity contribution in [3.63, 3.8) is 0 Å². The van der Waals surface area contributed by atoms with Crippen LogP contribution in [0.15, 0.2) is 51.7 Å². The Bertz CT molecular complexity index is 1390. The molecule has 0 amide bonds. The minimum absolute atomic E-state index is 0.121. The molecule has 4 aromatic rings. The maximum atomic E-state index is 12.7. The molecule has 6 nitrogen and oxygen atoms in total. The Morgan fingerprint density at radius 3 is 2.93 bits per heavy atom. The fraction of sp³-hybridized carbons (Fsp3) is 0.190. The number of fused-ring (bicyclic) bond motifs is 4. The van der Waals surface area contributed by atoms with E-state index < -0.39 is 0 Å². The molecule has 0 bridgehead atoms. The second kappa shape index (κ2) is 5.89. The summed E-state index contributed by atoms with van der Waals surface area (Å²) in [5, 5.41) is 24.0. The fourth-order valence-electron chi connectivity index (χ4n) is 3.84. The highest BCUT2D eigenvalue weighted by Gasteiger charge is 2.20. The Morgan fingerprint density at radius 2 is 2.11 bits per heavy atom. The van der Waals surface area contributed by atoms with Gasteiger partial charge in [-0.05, 0) is 31.5 Å². The zero-order chi connectivity index (χ0) is 18.5. The first kappa shape index (κ1) is 16.0. The molecule has 1 atom stereocenters. The van der Waals surface area contributed by atoms with Crippen LogP contribution in [0.1, 0.15) is 12.8 Å². The van der Waals surface area contributed by atoms with Gasteiger partial charge in [-0.2, -0.15) is 0 Å². The van der Waals surface area contributed by atoms with E-state index in [0.717, 1.165) is 19.4 Å². The van der Waals surface area contributed by atoms with Crippen LogP contribution >= 0.6 is 0 Å². The Kier molecular flexibility index (Phi) is 3.48. The van der Waals surface area contributed by atoms with Crippen molar-refractivity contribution in [3.05, 3.63) is 63.3 Å². The molecule has 1 aliphatic heterocycles. The molecule has 1 aliphatic rings. The van der Waals surface area contributed by atoms with E-state index >= 15 is 0 Å². The van der Waals surface area contributed by atoms with Crippen LogP contribution in [0.3, 0.4) is 0 Å². The van der Waals surface area contributed by atoms with Gasteiger partial charge < -0.3 is 20.2 Å². The van der Waals surface area contributed by atoms with Crippen LogP contribution in [0.5, 0.6) is 0 Å². The smallest absolute Gasteiger partial charge is 0.190 e. The Balaban J connectivity index is 1.99. The van der Waals surface area contributed by atoms with Gasteiger partial charge in [0.05, 0.1) is 11.4 Å². The van der Waals surface area contributed by atoms with E-state index in [0.29, 0.717) is 43.5 Å². The summed E-state index contributed by atoms with van der Waals surface area (Å²) in [5.41, 5.74) is 1.77. The number of hydrogen-bond donors (Lipinski definition) is 3. The summed E-state index contributed by atoms with van der Waals surface area (Å²) in [6, 6.07) is 11.6. The van der Waals surface area contributed by atoms with Crippen molar-refractivity contribution < 1.29 is 9.52 Å². The van der Waals surface area contributed by atoms with E-state index in [4.69, 9.17) is 14.8 Å². The molecule has 1 unspecified atom stereocenters. The first-order chi connectivity index (χ1) is 13.1. The molecule has 5 rings (SSSR count). The van der Waals surface area contributed by atoms with E-state index in [1.807, 2.05) is 6.07 Å². The second-order valence-corrected chi connectivity index (χ2v) is 6.88. The Morgan fingerprint density at radius 1 is 1.22 bits per heavy atom. The van der Waals surface area contributed by atoms with Gasteiger partial charge >= 0.3 is 0 Å². The van der Waals surface area contributed by atoms with Crippen molar-refractivity contribution in [3.8, 4) is 0 Å². The minimum Gasteiger partial charge on any atom is -0.510 e. The average Bonchev–Trinajstić information content (AvgIpc) is 3.20. The molecule has 0 spiro atoms. The second-order valence-electron chi connectivity index (χ2n) is 6.88. The molecule has 3 aromatic carbocycles. The summed E-state index contributed by atoms with van der Waals surface area (Å²) in [4.78, 5) is 17.4. The molecule has 0 aliphatic carbocycles. The summed E-state index contributed by atoms with van der Waals surface area (Å²) in [6.45, 7) is 0.862. The molecule has 0 radical (unpaired) electrons. The van der Waals surface area contributed by atoms with E-state index in [9.17, 15) is 9.90 Å². The van der Waals surface area contributed by atoms with Gasteiger partial charge in [-0.1, -0.05) is 18.2 Å². The predicted octanol–water partition coefficient (Wildman–Crippen LogP) is 2.11. The first-order valence-electron chi connectivity index (χ1n) is 8.93. The van der Waals surface area contributed by atoms with Crippen molar-refractivity contribution in [2.75, 3.05) is 6.54 Å². The third kappa shape index (κ3) is 2.49. The van der Waals surface area contributed by atoms with Gasteiger partial charge in [-0.3, -0.25) is 4.79 Å². The highest BCUT2D eigenvalue weighted by molar-refractivity contribution is 6.05. The largest absolute Gasteiger partial charge is 0.510 e. The molecule has 1 saturated heterocycles. The molecule has 6 heteroatoms. The van der Waals surface area contributed by atoms with Gasteiger partial charge in [0.15, 0.2) is 16.6 Å². The van der Waals surface area contributed by atoms with Crippen molar-refractivity contribution in [2.24, 2.45) is 0 Å². The van der Waals surface area contributed by atoms with E-state index in [2.05, 4.69) is 5.32 Å². The third-order valence-electron chi connectivity index (χ3n) is 5.14. The summed E-state index contributed by atoms with van der Waals surface area (Å²) in [6.07, 6.45) is 1.85. The number of nitrogens with one attached hydrogen (secondary N) is 2. The lowest BCUT2D eigenvalue weighted by Crippen LogP contribution is -2.28. The minimum atomic E-state index is -0.182. The summed E-state index contributed by atoms with van der Waals surface area (Å²) in [7, 11) is 0. The molecule has 1 fully saturated rings. The third-order valence-corrected chi connectivity index (χ3v) is 5.14. The quantitative estimate of drug-likeness (QED) is 0.357. The molecular weight excluding hydrogens is 342 g/mol. The predicted molar refractivity (Wildman–Crippen MR) is 103 cm³/mol. The molecule has 134 valence electrons. The van der Waals surface area contributed by atoms with Crippen LogP contribution in [0.4, 0.5) is 0 Å². The first-order valence-corrected chi connectivity index (χ1v) is 8.93. The number of rotatable bonds is 1. The fourth-order valence-corrected chi connectivity index (χ4v) is 3.84. The van der Waals surface area contributed by atoms with Gasteiger partial charge in [0, 0.05) is 28.1 Å². The molecule has 1 aromatic heterocycles. The maximum absolute atomic E-state index is 12.7. The van der Waals surface area contributed by atoms with Crippen LogP contribution in [0.25, 0.3) is 38.7 Å². The topological polar surface area (TPSA) is 99.2 Å². The van der Waals surface area contributed by atoms with Crippen LogP contribution in [0, 0.1) is 5.41 Å². The summed E-state index contributed by atoms with van der Waals surface area (Å²) < 4.78 is 5.89. The lowest BCUT2D eigenvalue weighted by molar-refractivity contribution is 0.446. The van der Waals surface area contributed by atoms with Crippen molar-refractivity contribution in [1.82, 2.24) is 10.3 Å². The van der Waals surface area contributed by atoms with E-state index in [1.54, 1.807) is 30.3 Å². The summed E-state index contributed by atoms with van der Waals surface area (Å²) >= 11 is 0. The number of nitrogens with zero attached hydrogens (tertiary/aromatic N) is 1. The monoisotopic (exact) mass is 359 g/mol. The zero-order valence-electron chi connectivity index (χ0n) is 14.5. The molecule has 3 N–H and O–H groups in total. The zero-order valence-corrected chi connectivity index (χ0v) is 14.5. The standard InChI is InChI=1S/C21H17N3O3/c22-11-6-7-14-17(9-11)27-18-10-16(25)12-3-1-4-13(19(12)20(18)24-14)21(26)15-5-2-8-23-15/h1,3-4,6-7,9-10,15,22-23,26H,2,5,8H2. The van der Waals surface area contributed by atoms with Crippen LogP contribution in [-0.2, 0) is 0 Å². The number of aliphatic hydroxyl groups excluding tert-OH is 1. The van der Waals surface area contributed by atoms with Gasteiger partial charge in [-0.15, -0.1) is 0 Å². The van der Waals surface area contributed by atoms with Gasteiger partial charge in [0.1, 0.15) is 16.8 Å². The Labute approximate surface area is 153 Å². The van der Waals surface area contributed by atoms with Gasteiger partial charge in [0.25, 0.3) is 0 Å². The van der Waals surface area contributed by atoms with Crippen molar-refractivity contribution in [2.45, 2.75) is 18.9 Å². The summed E-state index contributed by atoms with van der Waals surface area (Å²) in [5.74, 6) is 0.230. The van der Waals surface area contributed by atoms with Crippen LogP contribution < -0.4 is 21.3 Å². The lowest BCUT2D eigenvalue weighted by Gasteiger charge is -2.11. The normalized spacial score (nSPS) is 18.4. The van der Waals surface area contributed by atoms with Gasteiger partial charge in [0.2, 0.25) is 0 Å². The van der Waals surface area contributed by atoms with E-state index in [-0.39, 0.29) is 17.2 Å². The number of aliphatic hydroxyl groups is 1. The number of aromatic nitrogens is 1. The average molecular weight is 359 g/mol. The number of hydrogen-bond acceptors (Lipinski definition) is 6. The highest BCUT2D eigenvalue weighted by Crippen LogP contribution is 2.23. The molecule has 27 heavy (non-hydrogen) atoms. The van der Waals surface area contributed by atoms with Crippen LogP contribution in [-0.4, -0.2) is 22.7 Å². The highest BCUT2D eigenvalue weighted by atomic mass is 16.3.